The van der Waals surface area contributed by atoms with E-state index in [1.165, 1.54) is 12.4 Å². The van der Waals surface area contributed by atoms with E-state index >= 15 is 0 Å². The first-order chi connectivity index (χ1) is 8.47. The van der Waals surface area contributed by atoms with Gasteiger partial charge in [-0.15, -0.1) is 0 Å². The van der Waals surface area contributed by atoms with Crippen LogP contribution >= 0.6 is 22.9 Å². The SMILES string of the molecule is Cc1cnc(CNS(=O)(=O)c2cnc(Cl)s2)cn1. The van der Waals surface area contributed by atoms with Crippen LogP contribution in [-0.4, -0.2) is 23.4 Å². The molecule has 6 nitrogen and oxygen atoms in total. The van der Waals surface area contributed by atoms with Crippen molar-refractivity contribution in [1.29, 1.82) is 0 Å². The molecule has 0 spiro atoms. The van der Waals surface area contributed by atoms with Gasteiger partial charge in [0.05, 0.1) is 30.3 Å². The van der Waals surface area contributed by atoms with Crippen LogP contribution in [0.2, 0.25) is 4.47 Å². The van der Waals surface area contributed by atoms with Crippen LogP contribution in [0.5, 0.6) is 0 Å². The first-order valence-corrected chi connectivity index (χ1v) is 7.53. The fourth-order valence-electron chi connectivity index (χ4n) is 1.11. The van der Waals surface area contributed by atoms with Crippen LogP contribution in [0.25, 0.3) is 0 Å². The van der Waals surface area contributed by atoms with Gasteiger partial charge in [-0.1, -0.05) is 22.9 Å². The molecule has 0 radical (unpaired) electrons. The molecule has 1 N–H and O–H groups in total. The van der Waals surface area contributed by atoms with Crippen molar-refractivity contribution in [3.05, 3.63) is 34.4 Å². The minimum atomic E-state index is -3.59. The van der Waals surface area contributed by atoms with Crippen molar-refractivity contribution >= 4 is 33.0 Å². The van der Waals surface area contributed by atoms with E-state index in [2.05, 4.69) is 19.7 Å². The zero-order valence-electron chi connectivity index (χ0n) is 9.29. The zero-order chi connectivity index (χ0) is 13.2. The van der Waals surface area contributed by atoms with Gasteiger partial charge in [0.2, 0.25) is 0 Å². The molecule has 0 aliphatic carbocycles. The lowest BCUT2D eigenvalue weighted by Gasteiger charge is -2.03. The van der Waals surface area contributed by atoms with Crippen LogP contribution in [0.15, 0.2) is 22.8 Å². The summed E-state index contributed by atoms with van der Waals surface area (Å²) in [4.78, 5) is 11.8. The molecule has 0 unspecified atom stereocenters. The molecule has 0 amide bonds. The lowest BCUT2D eigenvalue weighted by atomic mass is 10.4. The average Bonchev–Trinajstić information content (AvgIpc) is 2.76. The highest BCUT2D eigenvalue weighted by Crippen LogP contribution is 2.22. The minimum absolute atomic E-state index is 0.0745. The number of rotatable bonds is 4. The third-order valence-corrected chi connectivity index (χ3v) is 4.98. The smallest absolute Gasteiger partial charge is 0.252 e. The molecule has 0 aliphatic rings. The Morgan fingerprint density at radius 3 is 2.61 bits per heavy atom. The van der Waals surface area contributed by atoms with Crippen LogP contribution in [-0.2, 0) is 16.6 Å². The quantitative estimate of drug-likeness (QED) is 0.922. The predicted molar refractivity (Wildman–Crippen MR) is 67.9 cm³/mol. The topological polar surface area (TPSA) is 84.8 Å². The number of nitrogens with one attached hydrogen (secondary N) is 1. The average molecular weight is 305 g/mol. The van der Waals surface area contributed by atoms with E-state index in [-0.39, 0.29) is 15.2 Å². The first kappa shape index (κ1) is 13.3. The summed E-state index contributed by atoms with van der Waals surface area (Å²) in [6.07, 6.45) is 4.32. The summed E-state index contributed by atoms with van der Waals surface area (Å²) in [5.74, 6) is 0. The third kappa shape index (κ3) is 3.22. The molecule has 0 aromatic carbocycles. The number of nitrogens with zero attached hydrogens (tertiary/aromatic N) is 3. The van der Waals surface area contributed by atoms with Gasteiger partial charge < -0.3 is 0 Å². The monoisotopic (exact) mass is 304 g/mol. The van der Waals surface area contributed by atoms with E-state index in [9.17, 15) is 8.42 Å². The number of sulfonamides is 1. The summed E-state index contributed by atoms with van der Waals surface area (Å²) in [6, 6.07) is 0. The van der Waals surface area contributed by atoms with E-state index in [1.807, 2.05) is 0 Å². The molecule has 2 aromatic heterocycles. The molecule has 2 rings (SSSR count). The maximum Gasteiger partial charge on any atom is 0.252 e. The second kappa shape index (κ2) is 5.27. The summed E-state index contributed by atoms with van der Waals surface area (Å²) in [5.41, 5.74) is 1.32. The van der Waals surface area contributed by atoms with Crippen molar-refractivity contribution in [3.63, 3.8) is 0 Å². The molecule has 96 valence electrons. The maximum absolute atomic E-state index is 11.8. The Hall–Kier alpha value is -1.09. The molecule has 0 fully saturated rings. The molecule has 18 heavy (non-hydrogen) atoms. The number of aryl methyl sites for hydroxylation is 1. The lowest BCUT2D eigenvalue weighted by Crippen LogP contribution is -2.23. The van der Waals surface area contributed by atoms with Crippen LogP contribution < -0.4 is 4.72 Å². The van der Waals surface area contributed by atoms with E-state index in [0.29, 0.717) is 5.69 Å². The molecule has 2 aromatic rings. The predicted octanol–water partition coefficient (Wildman–Crippen LogP) is 1.37. The Bertz CT molecular complexity index is 639. The molecule has 2 heterocycles. The summed E-state index contributed by atoms with van der Waals surface area (Å²) in [5, 5.41) is 0. The molecule has 0 saturated heterocycles. The van der Waals surface area contributed by atoms with Crippen molar-refractivity contribution < 1.29 is 8.42 Å². The second-order valence-corrected chi connectivity index (χ2v) is 7.01. The van der Waals surface area contributed by atoms with Gasteiger partial charge >= 0.3 is 0 Å². The Kier molecular flexibility index (Phi) is 3.91. The Morgan fingerprint density at radius 2 is 2.06 bits per heavy atom. The number of halogens is 1. The molecule has 0 aliphatic heterocycles. The van der Waals surface area contributed by atoms with Crippen LogP contribution in [0.3, 0.4) is 0 Å². The van der Waals surface area contributed by atoms with Crippen LogP contribution in [0, 0.1) is 6.92 Å². The van der Waals surface area contributed by atoms with Gasteiger partial charge in [-0.3, -0.25) is 9.97 Å². The standard InChI is InChI=1S/C9H9ClN4O2S2/c1-6-2-12-7(3-11-6)4-14-18(15,16)8-5-13-9(10)17-8/h2-3,5,14H,4H2,1H3. The van der Waals surface area contributed by atoms with Gasteiger partial charge in [-0.2, -0.15) is 0 Å². The number of hydrogen-bond donors (Lipinski definition) is 1. The molecular weight excluding hydrogens is 296 g/mol. The van der Waals surface area contributed by atoms with Gasteiger partial charge in [0.25, 0.3) is 10.0 Å². The zero-order valence-corrected chi connectivity index (χ0v) is 11.7. The fourth-order valence-corrected chi connectivity index (χ4v) is 3.45. The van der Waals surface area contributed by atoms with Crippen molar-refractivity contribution in [2.24, 2.45) is 0 Å². The van der Waals surface area contributed by atoms with E-state index in [4.69, 9.17) is 11.6 Å². The molecule has 0 atom stereocenters. The fraction of sp³-hybridized carbons (Fsp3) is 0.222. The maximum atomic E-state index is 11.8. The van der Waals surface area contributed by atoms with Crippen LogP contribution in [0.1, 0.15) is 11.4 Å². The van der Waals surface area contributed by atoms with Crippen LogP contribution in [0.4, 0.5) is 0 Å². The van der Waals surface area contributed by atoms with Crippen molar-refractivity contribution in [3.8, 4) is 0 Å². The third-order valence-electron chi connectivity index (χ3n) is 2.00. The summed E-state index contributed by atoms with van der Waals surface area (Å²) in [6.45, 7) is 1.88. The number of thiazole rings is 1. The molecule has 0 bridgehead atoms. The number of hydrogen-bond acceptors (Lipinski definition) is 6. The molecule has 0 saturated carbocycles. The number of aromatic nitrogens is 3. The highest BCUT2D eigenvalue weighted by atomic mass is 35.5. The van der Waals surface area contributed by atoms with E-state index in [0.717, 1.165) is 17.0 Å². The highest BCUT2D eigenvalue weighted by Gasteiger charge is 2.17. The Labute approximate surface area is 113 Å². The highest BCUT2D eigenvalue weighted by molar-refractivity contribution is 7.91. The summed E-state index contributed by atoms with van der Waals surface area (Å²) in [7, 11) is -3.59. The van der Waals surface area contributed by atoms with Gasteiger partial charge in [0.1, 0.15) is 0 Å². The van der Waals surface area contributed by atoms with Crippen molar-refractivity contribution in [1.82, 2.24) is 19.7 Å². The van der Waals surface area contributed by atoms with Gasteiger partial charge in [0, 0.05) is 6.20 Å². The largest absolute Gasteiger partial charge is 0.258 e. The second-order valence-electron chi connectivity index (χ2n) is 3.41. The van der Waals surface area contributed by atoms with Crippen molar-refractivity contribution in [2.45, 2.75) is 17.7 Å². The van der Waals surface area contributed by atoms with Crippen molar-refractivity contribution in [2.75, 3.05) is 0 Å². The normalized spacial score (nSPS) is 11.7. The van der Waals surface area contributed by atoms with Gasteiger partial charge in [-0.25, -0.2) is 18.1 Å². The van der Waals surface area contributed by atoms with E-state index in [1.54, 1.807) is 13.1 Å². The molecule has 9 heteroatoms. The minimum Gasteiger partial charge on any atom is -0.258 e. The summed E-state index contributed by atoms with van der Waals surface area (Å²) < 4.78 is 26.3. The first-order valence-electron chi connectivity index (χ1n) is 4.86. The van der Waals surface area contributed by atoms with Gasteiger partial charge in [-0.05, 0) is 6.92 Å². The van der Waals surface area contributed by atoms with E-state index < -0.39 is 10.0 Å². The summed E-state index contributed by atoms with van der Waals surface area (Å²) >= 11 is 6.49. The Morgan fingerprint density at radius 1 is 1.28 bits per heavy atom. The van der Waals surface area contributed by atoms with Gasteiger partial charge in [0.15, 0.2) is 8.68 Å². The lowest BCUT2D eigenvalue weighted by molar-refractivity contribution is 0.582. The molecular formula is C9H9ClN4O2S2. The Balaban J connectivity index is 2.08.